The van der Waals surface area contributed by atoms with Crippen molar-refractivity contribution in [1.82, 2.24) is 18.8 Å². The van der Waals surface area contributed by atoms with E-state index in [-0.39, 0.29) is 41.3 Å². The molecule has 3 N–H and O–H groups in total. The molecule has 1 unspecified atom stereocenters. The van der Waals surface area contributed by atoms with Crippen LogP contribution >= 0.6 is 23.1 Å². The smallest absolute Gasteiger partial charge is 0.335 e. The molecule has 1 atom stereocenters. The number of benzene rings is 3. The maximum absolute atomic E-state index is 14.5. The summed E-state index contributed by atoms with van der Waals surface area (Å²) in [6.07, 6.45) is 6.57. The van der Waals surface area contributed by atoms with E-state index in [1.807, 2.05) is 12.1 Å². The second-order valence-corrected chi connectivity index (χ2v) is 13.2. The molecular formula is C39H42ClN5O6S. The summed E-state index contributed by atoms with van der Waals surface area (Å²) < 4.78 is 11.9. The number of hydrogen-bond donors (Lipinski definition) is 3. The fourth-order valence-electron chi connectivity index (χ4n) is 5.84. The Hall–Kier alpha value is -5.20. The molecule has 0 saturated carbocycles. The van der Waals surface area contributed by atoms with E-state index in [0.29, 0.717) is 23.2 Å². The van der Waals surface area contributed by atoms with Crippen LogP contribution in [0.4, 0.5) is 5.69 Å². The molecule has 2 amide bonds. The van der Waals surface area contributed by atoms with Crippen LogP contribution < -0.4 is 21.1 Å². The van der Waals surface area contributed by atoms with E-state index in [2.05, 4.69) is 21.9 Å². The Morgan fingerprint density at radius 2 is 1.63 bits per heavy atom. The second kappa shape index (κ2) is 18.3. The van der Waals surface area contributed by atoms with Crippen molar-refractivity contribution in [1.29, 1.82) is 0 Å². The first-order chi connectivity index (χ1) is 25.2. The molecule has 52 heavy (non-hydrogen) atoms. The molecule has 0 bridgehead atoms. The Morgan fingerprint density at radius 1 is 0.942 bits per heavy atom. The van der Waals surface area contributed by atoms with Crippen LogP contribution in [0.1, 0.15) is 84.8 Å². The number of aromatic hydroxyl groups is 1. The lowest BCUT2D eigenvalue weighted by atomic mass is 10.0. The summed E-state index contributed by atoms with van der Waals surface area (Å²) in [4.78, 5) is 55.7. The van der Waals surface area contributed by atoms with Crippen LogP contribution in [0.3, 0.4) is 0 Å². The first kappa shape index (κ1) is 38.0. The first-order valence-corrected chi connectivity index (χ1v) is 18.6. The number of nitrogens with zero attached hydrogens (tertiary/aromatic N) is 3. The summed E-state index contributed by atoms with van der Waals surface area (Å²) in [5.74, 6) is -3.00. The summed E-state index contributed by atoms with van der Waals surface area (Å²) >= 11 is 7.60. The van der Waals surface area contributed by atoms with E-state index in [4.69, 9.17) is 16.3 Å². The maximum Gasteiger partial charge on any atom is 0.335 e. The van der Waals surface area contributed by atoms with Crippen molar-refractivity contribution >= 4 is 46.4 Å². The van der Waals surface area contributed by atoms with Crippen molar-refractivity contribution in [3.8, 4) is 22.9 Å². The Labute approximate surface area is 311 Å². The van der Waals surface area contributed by atoms with Crippen molar-refractivity contribution in [2.45, 2.75) is 65.0 Å². The number of aromatic nitrogens is 3. The lowest BCUT2D eigenvalue weighted by Gasteiger charge is -2.18. The van der Waals surface area contributed by atoms with Gasteiger partial charge in [0.2, 0.25) is 5.78 Å². The number of hydrogen-bond acceptors (Lipinski definition) is 8. The molecule has 0 aliphatic heterocycles. The molecule has 5 aromatic rings. The van der Waals surface area contributed by atoms with Crippen LogP contribution in [0.5, 0.6) is 11.8 Å². The van der Waals surface area contributed by atoms with Gasteiger partial charge >= 0.3 is 5.69 Å². The number of imidazole rings is 1. The van der Waals surface area contributed by atoms with Gasteiger partial charge in [0.05, 0.1) is 23.9 Å². The second-order valence-electron chi connectivity index (χ2n) is 12.2. The van der Waals surface area contributed by atoms with Gasteiger partial charge < -0.3 is 20.5 Å². The first-order valence-electron chi connectivity index (χ1n) is 17.4. The van der Waals surface area contributed by atoms with Gasteiger partial charge in [0.15, 0.2) is 6.04 Å². The molecule has 0 aliphatic rings. The number of halogens is 1. The third kappa shape index (κ3) is 8.99. The van der Waals surface area contributed by atoms with E-state index in [0.717, 1.165) is 40.9 Å². The quantitative estimate of drug-likeness (QED) is 0.0473. The van der Waals surface area contributed by atoms with Crippen LogP contribution in [-0.4, -0.2) is 49.4 Å². The van der Waals surface area contributed by atoms with Crippen molar-refractivity contribution < 1.29 is 24.2 Å². The van der Waals surface area contributed by atoms with Gasteiger partial charge in [0.1, 0.15) is 5.69 Å². The third-order valence-corrected chi connectivity index (χ3v) is 9.46. The number of carbonyl (C=O) groups excluding carboxylic acids is 3. The van der Waals surface area contributed by atoms with Crippen molar-refractivity contribution in [2.75, 3.05) is 18.5 Å². The summed E-state index contributed by atoms with van der Waals surface area (Å²) in [6, 6.07) is 20.5. The highest BCUT2D eigenvalue weighted by Crippen LogP contribution is 2.34. The average molecular weight is 744 g/mol. The molecule has 0 aliphatic carbocycles. The summed E-state index contributed by atoms with van der Waals surface area (Å²) in [6.45, 7) is 4.47. The Kier molecular flexibility index (Phi) is 13.4. The number of Topliss-reactive ketones (excluding diaryl/α,β-unsaturated/α-hetero) is 1. The highest BCUT2D eigenvalue weighted by Gasteiger charge is 2.38. The van der Waals surface area contributed by atoms with Crippen molar-refractivity contribution in [2.24, 2.45) is 0 Å². The Balaban J connectivity index is 1.47. The number of amides is 2. The summed E-state index contributed by atoms with van der Waals surface area (Å²) in [5, 5.41) is 18.8. The molecule has 5 rings (SSSR count). The van der Waals surface area contributed by atoms with E-state index < -0.39 is 29.3 Å². The number of rotatable bonds is 18. The molecule has 0 spiro atoms. The highest BCUT2D eigenvalue weighted by molar-refractivity contribution is 7.04. The number of anilines is 1. The summed E-state index contributed by atoms with van der Waals surface area (Å²) in [7, 11) is 0. The zero-order chi connectivity index (χ0) is 37.0. The predicted molar refractivity (Wildman–Crippen MR) is 204 cm³/mol. The molecule has 0 radical (unpaired) electrons. The topological polar surface area (TPSA) is 145 Å². The molecule has 3 aromatic carbocycles. The standard InChI is InChI=1S/C39H42ClN5O6S/c1-3-5-6-7-8-15-22-41-35(47)28-20-21-31(30(40)23-28)42-36(48)33(34(46)32-29(25-52-43-32)27-18-13-10-14-19-27)45-37(49)38(51-4-2)44(39(45)50)24-26-16-11-9-12-17-26/h9-14,16-21,23,25,33,49H,3-8,15,22,24H2,1-2H3,(H,41,47)(H,42,48). The van der Waals surface area contributed by atoms with Gasteiger partial charge in [-0.2, -0.15) is 4.37 Å². The molecule has 2 heterocycles. The summed E-state index contributed by atoms with van der Waals surface area (Å²) in [5.41, 5.74) is 1.36. The molecule has 13 heteroatoms. The van der Waals surface area contributed by atoms with Gasteiger partial charge in [-0.1, -0.05) is 111 Å². The van der Waals surface area contributed by atoms with Crippen molar-refractivity contribution in [3.05, 3.63) is 117 Å². The number of ether oxygens (including phenoxy) is 1. The molecule has 2 aromatic heterocycles. The zero-order valence-electron chi connectivity index (χ0n) is 29.1. The average Bonchev–Trinajstić information content (AvgIpc) is 3.73. The minimum Gasteiger partial charge on any atom is -0.491 e. The van der Waals surface area contributed by atoms with Crippen LogP contribution in [-0.2, 0) is 11.3 Å². The van der Waals surface area contributed by atoms with Crippen LogP contribution in [0.15, 0.2) is 89.0 Å². The largest absolute Gasteiger partial charge is 0.491 e. The van der Waals surface area contributed by atoms with Gasteiger partial charge in [0.25, 0.3) is 23.6 Å². The van der Waals surface area contributed by atoms with E-state index in [9.17, 15) is 24.3 Å². The minimum absolute atomic E-state index is 0.00171. The molecular weight excluding hydrogens is 702 g/mol. The van der Waals surface area contributed by atoms with Crippen molar-refractivity contribution in [3.63, 3.8) is 0 Å². The molecule has 0 saturated heterocycles. The van der Waals surface area contributed by atoms with E-state index in [1.54, 1.807) is 60.8 Å². The van der Waals surface area contributed by atoms with Crippen LogP contribution in [0, 0.1) is 0 Å². The Morgan fingerprint density at radius 3 is 2.33 bits per heavy atom. The van der Waals surface area contributed by atoms with Gasteiger partial charge in [-0.3, -0.25) is 19.0 Å². The lowest BCUT2D eigenvalue weighted by Crippen LogP contribution is -2.39. The molecule has 0 fully saturated rings. The fourth-order valence-corrected chi connectivity index (χ4v) is 6.76. The van der Waals surface area contributed by atoms with Gasteiger partial charge in [-0.25, -0.2) is 9.36 Å². The van der Waals surface area contributed by atoms with Crippen LogP contribution in [0.2, 0.25) is 5.02 Å². The zero-order valence-corrected chi connectivity index (χ0v) is 30.7. The number of nitrogens with one attached hydrogen (secondary N) is 2. The van der Waals surface area contributed by atoms with Gasteiger partial charge in [-0.05, 0) is 54.2 Å². The molecule has 272 valence electrons. The van der Waals surface area contributed by atoms with Crippen LogP contribution in [0.25, 0.3) is 11.1 Å². The highest BCUT2D eigenvalue weighted by atomic mass is 35.5. The van der Waals surface area contributed by atoms with Gasteiger partial charge in [0, 0.05) is 23.1 Å². The predicted octanol–water partition coefficient (Wildman–Crippen LogP) is 7.73. The van der Waals surface area contributed by atoms with E-state index in [1.165, 1.54) is 42.0 Å². The Bertz CT molecular complexity index is 2040. The fraction of sp³-hybridized carbons (Fsp3) is 0.308. The third-order valence-electron chi connectivity index (χ3n) is 8.51. The minimum atomic E-state index is -1.93. The normalized spacial score (nSPS) is 11.6. The number of carbonyl (C=O) groups is 3. The van der Waals surface area contributed by atoms with Gasteiger partial charge in [-0.15, -0.1) is 0 Å². The lowest BCUT2D eigenvalue weighted by molar-refractivity contribution is -0.118. The number of unbranched alkanes of at least 4 members (excludes halogenated alkanes) is 5. The monoisotopic (exact) mass is 743 g/mol. The maximum atomic E-state index is 14.5. The SMILES string of the molecule is CCCCCCCCNC(=O)c1ccc(NC(=O)C(C(=O)c2nscc2-c2ccccc2)n2c(O)c(OCC)n(Cc3ccccc3)c2=O)c(Cl)c1. The van der Waals surface area contributed by atoms with E-state index >= 15 is 0 Å². The number of ketones is 1. The molecule has 11 nitrogen and oxygen atoms in total.